The van der Waals surface area contributed by atoms with Crippen LogP contribution in [0.5, 0.6) is 17.2 Å². The molecule has 0 fully saturated rings. The number of ether oxygens (including phenoxy) is 4. The quantitative estimate of drug-likeness (QED) is 0.300. The standard InChI is InChI=1S/C24H22O5/c1-26-17-23(24(25)27-2)22-11-7-6-8-18(22)16-28-19-12-14-21(15-13-19)29-20-9-4-3-5-10-20/h3-15,17H,16H2,1-2H3/b23-17+. The normalized spacial score (nSPS) is 10.9. The van der Waals surface area contributed by atoms with Crippen molar-refractivity contribution in [3.8, 4) is 17.2 Å². The molecule has 0 bridgehead atoms. The van der Waals surface area contributed by atoms with Crippen LogP contribution in [0.4, 0.5) is 0 Å². The Morgan fingerprint density at radius 3 is 2.10 bits per heavy atom. The van der Waals surface area contributed by atoms with Gasteiger partial charge >= 0.3 is 5.97 Å². The summed E-state index contributed by atoms with van der Waals surface area (Å²) in [5, 5.41) is 0. The van der Waals surface area contributed by atoms with Crippen molar-refractivity contribution < 1.29 is 23.7 Å². The van der Waals surface area contributed by atoms with Crippen LogP contribution in [0.25, 0.3) is 5.57 Å². The molecule has 3 aromatic carbocycles. The van der Waals surface area contributed by atoms with E-state index in [1.54, 1.807) is 0 Å². The highest BCUT2D eigenvalue weighted by Crippen LogP contribution is 2.26. The summed E-state index contributed by atoms with van der Waals surface area (Å²) in [5.74, 6) is 1.72. The first kappa shape index (κ1) is 20.0. The Labute approximate surface area is 170 Å². The molecule has 148 valence electrons. The van der Waals surface area contributed by atoms with Gasteiger partial charge in [0.25, 0.3) is 0 Å². The lowest BCUT2D eigenvalue weighted by molar-refractivity contribution is -0.133. The molecule has 3 rings (SSSR count). The zero-order valence-corrected chi connectivity index (χ0v) is 16.3. The Hall–Kier alpha value is -3.73. The Morgan fingerprint density at radius 2 is 1.41 bits per heavy atom. The number of rotatable bonds is 8. The number of methoxy groups -OCH3 is 2. The fourth-order valence-electron chi connectivity index (χ4n) is 2.75. The predicted octanol–water partition coefficient (Wildman–Crippen LogP) is 5.22. The lowest BCUT2D eigenvalue weighted by Crippen LogP contribution is -2.08. The molecule has 0 atom stereocenters. The molecule has 0 saturated heterocycles. The summed E-state index contributed by atoms with van der Waals surface area (Å²) in [4.78, 5) is 12.1. The van der Waals surface area contributed by atoms with Gasteiger partial charge in [-0.2, -0.15) is 0 Å². The number of para-hydroxylation sites is 1. The first-order valence-corrected chi connectivity index (χ1v) is 9.06. The van der Waals surface area contributed by atoms with E-state index in [-0.39, 0.29) is 6.61 Å². The van der Waals surface area contributed by atoms with E-state index in [1.807, 2.05) is 78.9 Å². The number of esters is 1. The van der Waals surface area contributed by atoms with Gasteiger partial charge in [-0.25, -0.2) is 4.79 Å². The van der Waals surface area contributed by atoms with Gasteiger partial charge in [-0.3, -0.25) is 0 Å². The van der Waals surface area contributed by atoms with E-state index in [4.69, 9.17) is 18.9 Å². The van der Waals surface area contributed by atoms with E-state index in [0.29, 0.717) is 16.9 Å². The molecular formula is C24H22O5. The minimum Gasteiger partial charge on any atom is -0.503 e. The Kier molecular flexibility index (Phi) is 6.90. The molecule has 0 N–H and O–H groups in total. The van der Waals surface area contributed by atoms with E-state index in [9.17, 15) is 4.79 Å². The molecular weight excluding hydrogens is 368 g/mol. The second-order valence-electron chi connectivity index (χ2n) is 6.09. The van der Waals surface area contributed by atoms with Crippen molar-refractivity contribution in [3.05, 3.63) is 96.3 Å². The summed E-state index contributed by atoms with van der Waals surface area (Å²) in [6.07, 6.45) is 1.38. The zero-order valence-electron chi connectivity index (χ0n) is 16.3. The zero-order chi connectivity index (χ0) is 20.5. The maximum atomic E-state index is 12.1. The molecule has 0 heterocycles. The van der Waals surface area contributed by atoms with Crippen LogP contribution >= 0.6 is 0 Å². The van der Waals surface area contributed by atoms with Crippen LogP contribution in [-0.2, 0) is 20.9 Å². The van der Waals surface area contributed by atoms with Crippen LogP contribution < -0.4 is 9.47 Å². The lowest BCUT2D eigenvalue weighted by atomic mass is 10.0. The largest absolute Gasteiger partial charge is 0.503 e. The summed E-state index contributed by atoms with van der Waals surface area (Å²) in [6, 6.07) is 24.4. The van der Waals surface area contributed by atoms with Gasteiger partial charge in [-0.15, -0.1) is 0 Å². The molecule has 0 radical (unpaired) electrons. The minimum atomic E-state index is -0.471. The molecule has 5 nitrogen and oxygen atoms in total. The van der Waals surface area contributed by atoms with Crippen LogP contribution in [0.2, 0.25) is 0 Å². The molecule has 3 aromatic rings. The van der Waals surface area contributed by atoms with Crippen molar-refractivity contribution in [1.82, 2.24) is 0 Å². The smallest absolute Gasteiger partial charge is 0.341 e. The van der Waals surface area contributed by atoms with Gasteiger partial charge in [-0.05, 0) is 47.5 Å². The maximum absolute atomic E-state index is 12.1. The van der Waals surface area contributed by atoms with Gasteiger partial charge < -0.3 is 18.9 Å². The van der Waals surface area contributed by atoms with Crippen LogP contribution in [0.15, 0.2) is 85.1 Å². The summed E-state index contributed by atoms with van der Waals surface area (Å²) in [7, 11) is 2.82. The Balaban J connectivity index is 1.70. The highest BCUT2D eigenvalue weighted by Gasteiger charge is 2.16. The van der Waals surface area contributed by atoms with E-state index in [1.165, 1.54) is 20.5 Å². The third-order valence-electron chi connectivity index (χ3n) is 4.15. The first-order valence-electron chi connectivity index (χ1n) is 9.06. The average Bonchev–Trinajstić information content (AvgIpc) is 2.77. The second kappa shape index (κ2) is 9.99. The number of hydrogen-bond donors (Lipinski definition) is 0. The highest BCUT2D eigenvalue weighted by molar-refractivity contribution is 6.16. The predicted molar refractivity (Wildman–Crippen MR) is 111 cm³/mol. The van der Waals surface area contributed by atoms with Crippen molar-refractivity contribution in [2.45, 2.75) is 6.61 Å². The van der Waals surface area contributed by atoms with E-state index in [0.717, 1.165) is 17.1 Å². The molecule has 5 heteroatoms. The monoisotopic (exact) mass is 390 g/mol. The Bertz CT molecular complexity index is 962. The summed E-state index contributed by atoms with van der Waals surface area (Å²) >= 11 is 0. The fourth-order valence-corrected chi connectivity index (χ4v) is 2.75. The molecule has 0 aromatic heterocycles. The van der Waals surface area contributed by atoms with Crippen LogP contribution in [-0.4, -0.2) is 20.2 Å². The van der Waals surface area contributed by atoms with E-state index >= 15 is 0 Å². The van der Waals surface area contributed by atoms with Gasteiger partial charge in [0.05, 0.1) is 20.5 Å². The molecule has 0 aliphatic heterocycles. The molecule has 0 saturated carbocycles. The SMILES string of the molecule is CO/C=C(/C(=O)OC)c1ccccc1COc1ccc(Oc2ccccc2)cc1. The average molecular weight is 390 g/mol. The fraction of sp³-hybridized carbons (Fsp3) is 0.125. The van der Waals surface area contributed by atoms with E-state index < -0.39 is 5.97 Å². The third-order valence-corrected chi connectivity index (χ3v) is 4.15. The van der Waals surface area contributed by atoms with Crippen LogP contribution in [0.3, 0.4) is 0 Å². The molecule has 29 heavy (non-hydrogen) atoms. The van der Waals surface area contributed by atoms with Crippen LogP contribution in [0, 0.1) is 0 Å². The number of carbonyl (C=O) groups is 1. The molecule has 0 spiro atoms. The summed E-state index contributed by atoms with van der Waals surface area (Å²) < 4.78 is 21.6. The summed E-state index contributed by atoms with van der Waals surface area (Å²) in [5.41, 5.74) is 1.87. The van der Waals surface area contributed by atoms with Gasteiger partial charge in [-0.1, -0.05) is 42.5 Å². The van der Waals surface area contributed by atoms with Gasteiger partial charge in [0, 0.05) is 0 Å². The molecule has 0 unspecified atom stereocenters. The van der Waals surface area contributed by atoms with Gasteiger partial charge in [0.15, 0.2) is 0 Å². The van der Waals surface area contributed by atoms with Crippen LogP contribution in [0.1, 0.15) is 11.1 Å². The molecule has 0 amide bonds. The first-order chi connectivity index (χ1) is 14.2. The topological polar surface area (TPSA) is 54.0 Å². The number of hydrogen-bond acceptors (Lipinski definition) is 5. The maximum Gasteiger partial charge on any atom is 0.341 e. The van der Waals surface area contributed by atoms with Crippen molar-refractivity contribution in [1.29, 1.82) is 0 Å². The van der Waals surface area contributed by atoms with Crippen molar-refractivity contribution in [2.75, 3.05) is 14.2 Å². The van der Waals surface area contributed by atoms with E-state index in [2.05, 4.69) is 0 Å². The third kappa shape index (κ3) is 5.39. The molecule has 0 aliphatic rings. The lowest BCUT2D eigenvalue weighted by Gasteiger charge is -2.13. The number of benzene rings is 3. The van der Waals surface area contributed by atoms with Crippen molar-refractivity contribution >= 4 is 11.5 Å². The number of carbonyl (C=O) groups excluding carboxylic acids is 1. The van der Waals surface area contributed by atoms with Crippen molar-refractivity contribution in [3.63, 3.8) is 0 Å². The van der Waals surface area contributed by atoms with Gasteiger partial charge in [0.2, 0.25) is 0 Å². The van der Waals surface area contributed by atoms with Crippen molar-refractivity contribution in [2.24, 2.45) is 0 Å². The second-order valence-corrected chi connectivity index (χ2v) is 6.09. The summed E-state index contributed by atoms with van der Waals surface area (Å²) in [6.45, 7) is 0.285. The minimum absolute atomic E-state index is 0.285. The molecule has 0 aliphatic carbocycles. The Morgan fingerprint density at radius 1 is 0.793 bits per heavy atom. The highest BCUT2D eigenvalue weighted by atomic mass is 16.5. The van der Waals surface area contributed by atoms with Gasteiger partial charge in [0.1, 0.15) is 29.4 Å².